The third-order valence-corrected chi connectivity index (χ3v) is 3.58. The van der Waals surface area contributed by atoms with Crippen molar-refractivity contribution in [3.8, 4) is 17.2 Å². The largest absolute Gasteiger partial charge is 0.391 e. The van der Waals surface area contributed by atoms with Crippen LogP contribution < -0.4 is 0 Å². The summed E-state index contributed by atoms with van der Waals surface area (Å²) in [6.07, 6.45) is 1.64. The van der Waals surface area contributed by atoms with Gasteiger partial charge in [-0.2, -0.15) is 5.26 Å². The van der Waals surface area contributed by atoms with Gasteiger partial charge in [0.2, 0.25) is 0 Å². The van der Waals surface area contributed by atoms with Crippen LogP contribution in [0.25, 0.3) is 11.1 Å². The maximum Gasteiger partial charge on any atom is 0.142 e. The first-order valence-electron chi connectivity index (χ1n) is 7.65. The molecule has 3 nitrogen and oxygen atoms in total. The molecule has 0 bridgehead atoms. The van der Waals surface area contributed by atoms with Crippen LogP contribution >= 0.6 is 0 Å². The van der Waals surface area contributed by atoms with Gasteiger partial charge in [0.15, 0.2) is 0 Å². The highest BCUT2D eigenvalue weighted by atomic mass is 16.6. The zero-order chi connectivity index (χ0) is 16.6. The third-order valence-electron chi connectivity index (χ3n) is 3.58. The van der Waals surface area contributed by atoms with Gasteiger partial charge >= 0.3 is 0 Å². The zero-order valence-electron chi connectivity index (χ0n) is 13.1. The average molecular weight is 312 g/mol. The number of hydrogen-bond donors (Lipinski definition) is 0. The molecule has 0 saturated heterocycles. The minimum absolute atomic E-state index is 0.410. The van der Waals surface area contributed by atoms with Crippen molar-refractivity contribution in [1.82, 2.24) is 0 Å². The van der Waals surface area contributed by atoms with E-state index in [-0.39, 0.29) is 0 Å². The Hall–Kier alpha value is -3.38. The molecule has 0 spiro atoms. The summed E-state index contributed by atoms with van der Waals surface area (Å²) in [5.41, 5.74) is 4.93. The van der Waals surface area contributed by atoms with E-state index in [4.69, 9.17) is 10.1 Å². The Balaban J connectivity index is 1.60. The topological polar surface area (TPSA) is 45.4 Å². The zero-order valence-corrected chi connectivity index (χ0v) is 13.1. The third kappa shape index (κ3) is 4.08. The molecule has 0 atom stereocenters. The van der Waals surface area contributed by atoms with E-state index in [0.29, 0.717) is 12.2 Å². The summed E-state index contributed by atoms with van der Waals surface area (Å²) in [4.78, 5) is 5.38. The smallest absolute Gasteiger partial charge is 0.142 e. The molecule has 3 heteroatoms. The molecule has 0 radical (unpaired) electrons. The number of hydrogen-bond acceptors (Lipinski definition) is 3. The normalized spacial score (nSPS) is 10.5. The highest BCUT2D eigenvalue weighted by Crippen LogP contribution is 2.20. The van der Waals surface area contributed by atoms with Crippen LogP contribution in [-0.4, -0.2) is 6.21 Å². The van der Waals surface area contributed by atoms with Crippen molar-refractivity contribution in [3.05, 3.63) is 95.6 Å². The van der Waals surface area contributed by atoms with E-state index in [0.717, 1.165) is 16.7 Å². The minimum atomic E-state index is 0.410. The van der Waals surface area contributed by atoms with E-state index >= 15 is 0 Å². The number of benzene rings is 3. The van der Waals surface area contributed by atoms with E-state index < -0.39 is 0 Å². The summed E-state index contributed by atoms with van der Waals surface area (Å²) >= 11 is 0. The molecule has 0 fully saturated rings. The van der Waals surface area contributed by atoms with E-state index in [9.17, 15) is 0 Å². The summed E-state index contributed by atoms with van der Waals surface area (Å²) in [5.74, 6) is 0. The molecule has 0 saturated carbocycles. The lowest BCUT2D eigenvalue weighted by Crippen LogP contribution is -1.89. The van der Waals surface area contributed by atoms with Crippen molar-refractivity contribution in [2.45, 2.75) is 6.61 Å². The lowest BCUT2D eigenvalue weighted by atomic mass is 10.0. The van der Waals surface area contributed by atoms with Gasteiger partial charge in [0.05, 0.1) is 17.8 Å². The second-order valence-corrected chi connectivity index (χ2v) is 5.31. The molecule has 0 aromatic heterocycles. The molecule has 0 N–H and O–H groups in total. The number of nitrogens with zero attached hydrogens (tertiary/aromatic N) is 2. The van der Waals surface area contributed by atoms with Crippen molar-refractivity contribution in [2.24, 2.45) is 5.16 Å². The quantitative estimate of drug-likeness (QED) is 0.503. The van der Waals surface area contributed by atoms with Crippen molar-refractivity contribution in [1.29, 1.82) is 5.26 Å². The molecule has 0 aliphatic rings. The van der Waals surface area contributed by atoms with Gasteiger partial charge in [0, 0.05) is 0 Å². The van der Waals surface area contributed by atoms with Crippen LogP contribution in [0.3, 0.4) is 0 Å². The molecule has 24 heavy (non-hydrogen) atoms. The van der Waals surface area contributed by atoms with Crippen molar-refractivity contribution in [3.63, 3.8) is 0 Å². The average Bonchev–Trinajstić information content (AvgIpc) is 2.67. The second kappa shape index (κ2) is 7.75. The van der Waals surface area contributed by atoms with Gasteiger partial charge in [-0.15, -0.1) is 0 Å². The Bertz CT molecular complexity index is 862. The molecule has 116 valence electrons. The molecule has 0 heterocycles. The Kier molecular flexibility index (Phi) is 5.01. The fraction of sp³-hybridized carbons (Fsp3) is 0.0476. The molecular formula is C21H16N2O. The van der Waals surface area contributed by atoms with Gasteiger partial charge in [-0.05, 0) is 40.5 Å². The van der Waals surface area contributed by atoms with E-state index in [2.05, 4.69) is 35.5 Å². The van der Waals surface area contributed by atoms with Gasteiger partial charge in [-0.3, -0.25) is 0 Å². The van der Waals surface area contributed by atoms with Crippen LogP contribution in [0, 0.1) is 11.3 Å². The molecule has 0 unspecified atom stereocenters. The van der Waals surface area contributed by atoms with Crippen molar-refractivity contribution in [2.75, 3.05) is 0 Å². The maximum absolute atomic E-state index is 8.77. The van der Waals surface area contributed by atoms with Crippen LogP contribution in [0.5, 0.6) is 0 Å². The highest BCUT2D eigenvalue weighted by Gasteiger charge is 1.99. The summed E-state index contributed by atoms with van der Waals surface area (Å²) in [7, 11) is 0. The summed E-state index contributed by atoms with van der Waals surface area (Å²) in [5, 5.41) is 12.8. The fourth-order valence-electron chi connectivity index (χ4n) is 2.32. The lowest BCUT2D eigenvalue weighted by molar-refractivity contribution is 0.132. The minimum Gasteiger partial charge on any atom is -0.391 e. The molecule has 0 amide bonds. The SMILES string of the molecule is N#Cc1ccc(C=NOCc2cccc(-c3ccccc3)c2)cc1. The van der Waals surface area contributed by atoms with Crippen molar-refractivity contribution >= 4 is 6.21 Å². The van der Waals surface area contributed by atoms with E-state index in [1.165, 1.54) is 5.56 Å². The van der Waals surface area contributed by atoms with Crippen LogP contribution in [0.15, 0.2) is 84.0 Å². The van der Waals surface area contributed by atoms with Crippen LogP contribution in [0.1, 0.15) is 16.7 Å². The van der Waals surface area contributed by atoms with E-state index in [1.807, 2.05) is 42.5 Å². The molecule has 3 aromatic rings. The van der Waals surface area contributed by atoms with Crippen LogP contribution in [0.4, 0.5) is 0 Å². The number of nitriles is 1. The molecule has 3 rings (SSSR count). The Morgan fingerprint density at radius 1 is 0.875 bits per heavy atom. The molecular weight excluding hydrogens is 296 g/mol. The Morgan fingerprint density at radius 2 is 1.62 bits per heavy atom. The fourth-order valence-corrected chi connectivity index (χ4v) is 2.32. The van der Waals surface area contributed by atoms with Gasteiger partial charge in [-0.25, -0.2) is 0 Å². The highest BCUT2D eigenvalue weighted by molar-refractivity contribution is 5.79. The predicted octanol–water partition coefficient (Wildman–Crippen LogP) is 4.78. The summed E-state index contributed by atoms with van der Waals surface area (Å²) in [6, 6.07) is 27.7. The van der Waals surface area contributed by atoms with E-state index in [1.54, 1.807) is 18.3 Å². The van der Waals surface area contributed by atoms with Crippen LogP contribution in [-0.2, 0) is 11.4 Å². The Labute approximate surface area is 141 Å². The monoisotopic (exact) mass is 312 g/mol. The summed E-state index contributed by atoms with van der Waals surface area (Å²) < 4.78 is 0. The maximum atomic E-state index is 8.77. The first kappa shape index (κ1) is 15.5. The molecule has 0 aliphatic heterocycles. The lowest BCUT2D eigenvalue weighted by Gasteiger charge is -2.05. The standard InChI is InChI=1S/C21H16N2O/c22-14-17-9-11-18(12-10-17)15-23-24-16-19-5-4-8-21(13-19)20-6-2-1-3-7-20/h1-13,15H,16H2. The van der Waals surface area contributed by atoms with Gasteiger partial charge in [0.1, 0.15) is 6.61 Å². The first-order valence-corrected chi connectivity index (χ1v) is 7.65. The molecule has 0 aliphatic carbocycles. The summed E-state index contributed by atoms with van der Waals surface area (Å²) in [6.45, 7) is 0.410. The number of rotatable bonds is 5. The predicted molar refractivity (Wildman–Crippen MR) is 95.4 cm³/mol. The number of oxime groups is 1. The van der Waals surface area contributed by atoms with Gasteiger partial charge < -0.3 is 4.84 Å². The second-order valence-electron chi connectivity index (χ2n) is 5.31. The van der Waals surface area contributed by atoms with Crippen LogP contribution in [0.2, 0.25) is 0 Å². The Morgan fingerprint density at radius 3 is 2.38 bits per heavy atom. The van der Waals surface area contributed by atoms with Crippen molar-refractivity contribution < 1.29 is 4.84 Å². The molecule has 3 aromatic carbocycles. The van der Waals surface area contributed by atoms with Gasteiger partial charge in [-0.1, -0.05) is 65.8 Å². The first-order chi connectivity index (χ1) is 11.8. The van der Waals surface area contributed by atoms with Gasteiger partial charge in [0.25, 0.3) is 0 Å².